The van der Waals surface area contributed by atoms with Crippen molar-refractivity contribution in [2.24, 2.45) is 11.8 Å². The smallest absolute Gasteiger partial charge is 0.315 e. The van der Waals surface area contributed by atoms with Crippen LogP contribution in [0.4, 0.5) is 4.79 Å². The van der Waals surface area contributed by atoms with E-state index in [1.165, 1.54) is 0 Å². The molecule has 0 aromatic rings. The Bertz CT molecular complexity index is 816. The van der Waals surface area contributed by atoms with E-state index in [0.717, 1.165) is 24.8 Å². The summed E-state index contributed by atoms with van der Waals surface area (Å²) in [5.41, 5.74) is 8.48. The summed E-state index contributed by atoms with van der Waals surface area (Å²) in [5.74, 6) is -0.0687. The van der Waals surface area contributed by atoms with Gasteiger partial charge >= 0.3 is 6.03 Å². The van der Waals surface area contributed by atoms with Crippen molar-refractivity contribution in [3.63, 3.8) is 0 Å². The zero-order chi connectivity index (χ0) is 26.0. The molecule has 2 aliphatic heterocycles. The average Bonchev–Trinajstić information content (AvgIpc) is 3.33. The zero-order valence-corrected chi connectivity index (χ0v) is 21.8. The summed E-state index contributed by atoms with van der Waals surface area (Å²) in [6.07, 6.45) is 4.38. The lowest BCUT2D eigenvalue weighted by molar-refractivity contribution is -0.133. The van der Waals surface area contributed by atoms with Crippen LogP contribution in [0.2, 0.25) is 0 Å². The lowest BCUT2D eigenvalue weighted by Gasteiger charge is -2.26. The van der Waals surface area contributed by atoms with E-state index in [4.69, 9.17) is 5.53 Å². The standard InChI is InChI=1S/C23H39N7O4S/c1-13(2)11-15(21(32)29-19(14(3)4)22(33)25-9-10-26-24)27-18(31)8-6-5-7-17-20-16(12-35-17)28-23(34)30-20/h10,13-17,19-20H,5-9,11-12H2,1-4H3,(H,25,33)(H,27,31)(H,29,32)(H2,28,30,34)/t15-,16-,17-,19-,20-/m0/s1. The molecule has 2 rings (SSSR count). The Morgan fingerprint density at radius 1 is 1.14 bits per heavy atom. The fraction of sp³-hybridized carbons (Fsp3) is 0.783. The molecule has 2 fully saturated rings. The first-order chi connectivity index (χ1) is 16.6. The van der Waals surface area contributed by atoms with E-state index in [2.05, 4.69) is 31.4 Å². The van der Waals surface area contributed by atoms with Gasteiger partial charge in [-0.3, -0.25) is 14.4 Å². The highest BCUT2D eigenvalue weighted by Crippen LogP contribution is 2.33. The van der Waals surface area contributed by atoms with Gasteiger partial charge in [0.2, 0.25) is 17.7 Å². The number of carbonyl (C=O) groups excluding carboxylic acids is 4. The third-order valence-electron chi connectivity index (χ3n) is 6.14. The Kier molecular flexibility index (Phi) is 11.5. The van der Waals surface area contributed by atoms with Crippen LogP contribution in [-0.2, 0) is 14.4 Å². The molecule has 5 amide bonds. The van der Waals surface area contributed by atoms with Crippen LogP contribution in [-0.4, -0.2) is 76.5 Å². The predicted molar refractivity (Wildman–Crippen MR) is 135 cm³/mol. The van der Waals surface area contributed by atoms with E-state index in [9.17, 15) is 19.2 Å². The number of rotatable bonds is 14. The van der Waals surface area contributed by atoms with E-state index in [1.807, 2.05) is 39.5 Å². The molecular formula is C23H39N7O4S. The Morgan fingerprint density at radius 2 is 1.89 bits per heavy atom. The normalized spacial score (nSPS) is 22.5. The van der Waals surface area contributed by atoms with Crippen LogP contribution in [0.3, 0.4) is 0 Å². The fourth-order valence-electron chi connectivity index (χ4n) is 4.33. The van der Waals surface area contributed by atoms with Gasteiger partial charge in [0.25, 0.3) is 6.21 Å². The minimum absolute atomic E-state index is 0.0459. The van der Waals surface area contributed by atoms with Gasteiger partial charge in [0.15, 0.2) is 0 Å². The van der Waals surface area contributed by atoms with E-state index < -0.39 is 18.0 Å². The molecule has 0 spiro atoms. The van der Waals surface area contributed by atoms with Crippen LogP contribution in [0.1, 0.15) is 59.8 Å². The first-order valence-electron chi connectivity index (χ1n) is 12.3. The largest absolute Gasteiger partial charge is 0.362 e. The number of nitrogens with zero attached hydrogens (tertiary/aromatic N) is 2. The molecule has 0 bridgehead atoms. The maximum absolute atomic E-state index is 13.0. The van der Waals surface area contributed by atoms with Gasteiger partial charge in [-0.2, -0.15) is 16.6 Å². The van der Waals surface area contributed by atoms with E-state index in [1.54, 1.807) is 0 Å². The van der Waals surface area contributed by atoms with Gasteiger partial charge in [0, 0.05) is 17.4 Å². The molecule has 2 heterocycles. The summed E-state index contributed by atoms with van der Waals surface area (Å²) in [7, 11) is 0. The highest BCUT2D eigenvalue weighted by molar-refractivity contribution is 8.00. The van der Waals surface area contributed by atoms with E-state index in [-0.39, 0.29) is 48.3 Å². The lowest BCUT2D eigenvalue weighted by Crippen LogP contribution is -2.55. The van der Waals surface area contributed by atoms with Gasteiger partial charge < -0.3 is 32.1 Å². The summed E-state index contributed by atoms with van der Waals surface area (Å²) in [6.45, 7) is 7.62. The highest BCUT2D eigenvalue weighted by atomic mass is 32.2. The summed E-state index contributed by atoms with van der Waals surface area (Å²) in [5, 5.41) is 14.5. The van der Waals surface area contributed by atoms with Crippen molar-refractivity contribution in [2.45, 2.75) is 89.2 Å². The first kappa shape index (κ1) is 28.6. The molecule has 5 N–H and O–H groups in total. The van der Waals surface area contributed by atoms with Crippen molar-refractivity contribution in [3.05, 3.63) is 5.53 Å². The summed E-state index contributed by atoms with van der Waals surface area (Å²) < 4.78 is 0. The molecule has 12 heteroatoms. The summed E-state index contributed by atoms with van der Waals surface area (Å²) >= 11 is 1.85. The maximum atomic E-state index is 13.0. The number of amides is 5. The van der Waals surface area contributed by atoms with Gasteiger partial charge in [0.1, 0.15) is 18.6 Å². The van der Waals surface area contributed by atoms with Crippen LogP contribution in [0, 0.1) is 11.8 Å². The summed E-state index contributed by atoms with van der Waals surface area (Å²) in [6, 6.07) is -1.27. The monoisotopic (exact) mass is 509 g/mol. The molecule has 0 radical (unpaired) electrons. The second-order valence-corrected chi connectivity index (χ2v) is 11.2. The van der Waals surface area contributed by atoms with Crippen LogP contribution in [0.5, 0.6) is 0 Å². The summed E-state index contributed by atoms with van der Waals surface area (Å²) in [4.78, 5) is 52.4. The average molecular weight is 510 g/mol. The van der Waals surface area contributed by atoms with Gasteiger partial charge in [0.05, 0.1) is 12.1 Å². The molecule has 5 atom stereocenters. The maximum Gasteiger partial charge on any atom is 0.315 e. The molecule has 0 unspecified atom stereocenters. The Morgan fingerprint density at radius 3 is 2.54 bits per heavy atom. The molecule has 196 valence electrons. The molecule has 0 saturated carbocycles. The Hall–Kier alpha value is -2.59. The van der Waals surface area contributed by atoms with Gasteiger partial charge in [-0.05, 0) is 31.1 Å². The second kappa shape index (κ2) is 14.1. The molecule has 35 heavy (non-hydrogen) atoms. The van der Waals surface area contributed by atoms with Crippen molar-refractivity contribution >= 4 is 41.7 Å². The van der Waals surface area contributed by atoms with Crippen LogP contribution in [0.15, 0.2) is 0 Å². The zero-order valence-electron chi connectivity index (χ0n) is 21.0. The number of hydrogen-bond donors (Lipinski definition) is 5. The van der Waals surface area contributed by atoms with Gasteiger partial charge in [-0.1, -0.05) is 34.1 Å². The number of urea groups is 1. The molecule has 11 nitrogen and oxygen atoms in total. The minimum Gasteiger partial charge on any atom is -0.362 e. The first-order valence-corrected chi connectivity index (χ1v) is 13.4. The fourth-order valence-corrected chi connectivity index (χ4v) is 5.87. The number of unbranched alkanes of at least 4 members (excludes halogenated alkanes) is 1. The quantitative estimate of drug-likeness (QED) is 0.0767. The van der Waals surface area contributed by atoms with Crippen LogP contribution < -0.4 is 26.6 Å². The molecule has 0 aromatic heterocycles. The van der Waals surface area contributed by atoms with Gasteiger partial charge in [-0.25, -0.2) is 4.79 Å². The SMILES string of the molecule is CC(C)C[C@H](NC(=O)CCCC[C@@H]1SC[C@@H]2NC(=O)N[C@@H]21)C(=O)N[C@H](C(=O)NCC=[N+]=[N-])C(C)C. The number of nitrogens with one attached hydrogen (secondary N) is 5. The Labute approximate surface area is 211 Å². The van der Waals surface area contributed by atoms with Crippen molar-refractivity contribution in [1.29, 1.82) is 0 Å². The molecule has 2 aliphatic rings. The topological polar surface area (TPSA) is 165 Å². The number of hydrogen-bond acceptors (Lipinski definition) is 5. The third-order valence-corrected chi connectivity index (χ3v) is 7.64. The minimum atomic E-state index is -0.778. The number of fused-ring (bicyclic) bond motifs is 1. The second-order valence-electron chi connectivity index (χ2n) is 9.89. The highest BCUT2D eigenvalue weighted by Gasteiger charge is 2.42. The Balaban J connectivity index is 1.82. The molecule has 0 aliphatic carbocycles. The van der Waals surface area contributed by atoms with Crippen molar-refractivity contribution in [2.75, 3.05) is 12.3 Å². The molecular weight excluding hydrogens is 470 g/mol. The molecule has 0 aromatic carbocycles. The van der Waals surface area contributed by atoms with E-state index >= 15 is 0 Å². The lowest BCUT2D eigenvalue weighted by atomic mass is 9.99. The van der Waals surface area contributed by atoms with Crippen molar-refractivity contribution in [1.82, 2.24) is 26.6 Å². The van der Waals surface area contributed by atoms with E-state index in [0.29, 0.717) is 24.5 Å². The van der Waals surface area contributed by atoms with Crippen molar-refractivity contribution < 1.29 is 24.0 Å². The number of thioether (sulfide) groups is 1. The van der Waals surface area contributed by atoms with Crippen molar-refractivity contribution in [3.8, 4) is 0 Å². The van der Waals surface area contributed by atoms with Gasteiger partial charge in [-0.15, -0.1) is 0 Å². The third kappa shape index (κ3) is 9.18. The molecule has 2 saturated heterocycles. The van der Waals surface area contributed by atoms with Crippen LogP contribution >= 0.6 is 11.8 Å². The van der Waals surface area contributed by atoms with Crippen LogP contribution in [0.25, 0.3) is 5.53 Å². The number of carbonyl (C=O) groups is 4. The predicted octanol–water partition coefficient (Wildman–Crippen LogP) is 0.801.